The fourth-order valence-electron chi connectivity index (χ4n) is 3.87. The number of nitrogens with zero attached hydrogens (tertiary/aromatic N) is 2. The number of amides is 1. The molecule has 1 saturated heterocycles. The minimum absolute atomic E-state index is 0.0297. The minimum Gasteiger partial charge on any atom is -0.493 e. The summed E-state index contributed by atoms with van der Waals surface area (Å²) in [5, 5.41) is 1.85. The summed E-state index contributed by atoms with van der Waals surface area (Å²) in [7, 11) is 1.48. The Hall–Kier alpha value is -3.49. The van der Waals surface area contributed by atoms with Crippen LogP contribution in [0.2, 0.25) is 15.1 Å². The van der Waals surface area contributed by atoms with Crippen molar-refractivity contribution in [2.24, 2.45) is 4.99 Å². The Morgan fingerprint density at radius 3 is 2.30 bits per heavy atom. The Kier molecular flexibility index (Phi) is 8.66. The maximum absolute atomic E-state index is 14.1. The van der Waals surface area contributed by atoms with Crippen LogP contribution in [0.3, 0.4) is 0 Å². The lowest BCUT2D eigenvalue weighted by Crippen LogP contribution is -2.28. The molecule has 1 aliphatic rings. The number of anilines is 1. The number of methoxy groups -OCH3 is 1. The van der Waals surface area contributed by atoms with Crippen LogP contribution in [-0.4, -0.2) is 18.2 Å². The van der Waals surface area contributed by atoms with Gasteiger partial charge in [0.15, 0.2) is 16.7 Å². The van der Waals surface area contributed by atoms with Gasteiger partial charge in [0.2, 0.25) is 0 Å². The number of hydrogen-bond acceptors (Lipinski definition) is 5. The molecule has 0 spiro atoms. The molecule has 1 aliphatic heterocycles. The van der Waals surface area contributed by atoms with Gasteiger partial charge in [0.25, 0.3) is 5.91 Å². The van der Waals surface area contributed by atoms with E-state index in [1.165, 1.54) is 29.8 Å². The quantitative estimate of drug-likeness (QED) is 0.195. The number of thioether (sulfide) groups is 1. The molecule has 0 unspecified atom stereocenters. The van der Waals surface area contributed by atoms with Gasteiger partial charge in [-0.1, -0.05) is 53.0 Å². The monoisotopic (exact) mass is 612 g/mol. The van der Waals surface area contributed by atoms with Crippen LogP contribution in [-0.2, 0) is 11.4 Å². The van der Waals surface area contributed by atoms with Crippen molar-refractivity contribution in [2.75, 3.05) is 12.0 Å². The highest BCUT2D eigenvalue weighted by atomic mass is 35.5. The van der Waals surface area contributed by atoms with E-state index in [1.807, 2.05) is 0 Å². The Balaban J connectivity index is 1.48. The molecule has 10 heteroatoms. The molecule has 5 rings (SSSR count). The maximum atomic E-state index is 14.1. The van der Waals surface area contributed by atoms with Crippen LogP contribution in [0.25, 0.3) is 6.08 Å². The van der Waals surface area contributed by atoms with E-state index in [0.717, 1.165) is 0 Å². The summed E-state index contributed by atoms with van der Waals surface area (Å²) in [6.45, 7) is -0.0297. The second-order valence-corrected chi connectivity index (χ2v) is 10.8. The topological polar surface area (TPSA) is 51.1 Å². The van der Waals surface area contributed by atoms with Gasteiger partial charge >= 0.3 is 0 Å². The lowest BCUT2D eigenvalue weighted by molar-refractivity contribution is -0.113. The second kappa shape index (κ2) is 12.4. The highest BCUT2D eigenvalue weighted by Gasteiger charge is 2.35. The van der Waals surface area contributed by atoms with Gasteiger partial charge in [-0.3, -0.25) is 9.69 Å². The van der Waals surface area contributed by atoms with E-state index in [0.29, 0.717) is 48.4 Å². The molecule has 40 heavy (non-hydrogen) atoms. The lowest BCUT2D eigenvalue weighted by atomic mass is 10.1. The van der Waals surface area contributed by atoms with Crippen molar-refractivity contribution < 1.29 is 18.7 Å². The second-order valence-electron chi connectivity index (χ2n) is 8.51. The van der Waals surface area contributed by atoms with Gasteiger partial charge in [-0.2, -0.15) is 0 Å². The van der Waals surface area contributed by atoms with E-state index in [-0.39, 0.29) is 29.1 Å². The van der Waals surface area contributed by atoms with Crippen LogP contribution in [0.5, 0.6) is 11.5 Å². The van der Waals surface area contributed by atoms with Gasteiger partial charge in [-0.05, 0) is 90.1 Å². The van der Waals surface area contributed by atoms with Crippen molar-refractivity contribution in [3.05, 3.63) is 122 Å². The molecule has 0 aromatic heterocycles. The van der Waals surface area contributed by atoms with Gasteiger partial charge in [-0.25, -0.2) is 9.38 Å². The molecule has 0 saturated carbocycles. The summed E-state index contributed by atoms with van der Waals surface area (Å²) in [6, 6.07) is 23.6. The molecule has 0 N–H and O–H groups in total. The van der Waals surface area contributed by atoms with Crippen molar-refractivity contribution in [2.45, 2.75) is 6.61 Å². The number of ether oxygens (including phenoxy) is 2. The smallest absolute Gasteiger partial charge is 0.271 e. The highest BCUT2D eigenvalue weighted by molar-refractivity contribution is 8.19. The van der Waals surface area contributed by atoms with Crippen LogP contribution in [0, 0.1) is 5.82 Å². The molecule has 0 atom stereocenters. The molecule has 0 aliphatic carbocycles. The first-order valence-electron chi connectivity index (χ1n) is 11.9. The first kappa shape index (κ1) is 28.1. The third-order valence-electron chi connectivity index (χ3n) is 5.82. The molecule has 1 amide bonds. The predicted molar refractivity (Wildman–Crippen MR) is 162 cm³/mol. The Labute approximate surface area is 249 Å². The number of halogens is 4. The third kappa shape index (κ3) is 6.29. The van der Waals surface area contributed by atoms with E-state index in [9.17, 15) is 9.18 Å². The van der Waals surface area contributed by atoms with Crippen LogP contribution in [0.1, 0.15) is 11.1 Å². The molecular weight excluding hydrogens is 594 g/mol. The summed E-state index contributed by atoms with van der Waals surface area (Å²) in [6.07, 6.45) is 1.70. The van der Waals surface area contributed by atoms with Crippen LogP contribution in [0.4, 0.5) is 15.8 Å². The summed E-state index contributed by atoms with van der Waals surface area (Å²) >= 11 is 19.9. The van der Waals surface area contributed by atoms with Crippen molar-refractivity contribution in [3.63, 3.8) is 0 Å². The van der Waals surface area contributed by atoms with E-state index in [2.05, 4.69) is 0 Å². The van der Waals surface area contributed by atoms with Gasteiger partial charge in [0.1, 0.15) is 12.4 Å². The molecule has 1 fully saturated rings. The Morgan fingerprint density at radius 1 is 0.950 bits per heavy atom. The Bertz CT molecular complexity index is 1630. The van der Waals surface area contributed by atoms with Crippen LogP contribution < -0.4 is 14.4 Å². The molecule has 4 aromatic carbocycles. The SMILES string of the molecule is COc1cc(/C=C2\SC(=Nc3ccc(Cl)cc3)N(c3ccc(Cl)cc3)C2=O)cc(Cl)c1OCc1ccccc1F. The normalized spacial score (nSPS) is 15.2. The summed E-state index contributed by atoms with van der Waals surface area (Å²) < 4.78 is 25.4. The Morgan fingerprint density at radius 2 is 1.62 bits per heavy atom. The van der Waals surface area contributed by atoms with Crippen LogP contribution in [0.15, 0.2) is 94.8 Å². The van der Waals surface area contributed by atoms with Crippen molar-refractivity contribution >= 4 is 75.1 Å². The van der Waals surface area contributed by atoms with Gasteiger partial charge in [-0.15, -0.1) is 0 Å². The number of hydrogen-bond donors (Lipinski definition) is 0. The number of carbonyl (C=O) groups is 1. The molecule has 0 radical (unpaired) electrons. The lowest BCUT2D eigenvalue weighted by Gasteiger charge is -2.15. The minimum atomic E-state index is -0.378. The maximum Gasteiger partial charge on any atom is 0.271 e. The average Bonchev–Trinajstić information content (AvgIpc) is 3.24. The first-order chi connectivity index (χ1) is 19.3. The summed E-state index contributed by atoms with van der Waals surface area (Å²) in [5.41, 5.74) is 2.25. The number of rotatable bonds is 7. The average molecular weight is 614 g/mol. The van der Waals surface area contributed by atoms with Gasteiger partial charge < -0.3 is 9.47 Å². The molecule has 4 aromatic rings. The van der Waals surface area contributed by atoms with Crippen molar-refractivity contribution in [3.8, 4) is 11.5 Å². The van der Waals surface area contributed by atoms with Gasteiger partial charge in [0.05, 0.1) is 28.4 Å². The van der Waals surface area contributed by atoms with E-state index in [1.54, 1.807) is 84.9 Å². The fraction of sp³-hybridized carbons (Fsp3) is 0.0667. The number of benzene rings is 4. The molecule has 1 heterocycles. The van der Waals surface area contributed by atoms with E-state index < -0.39 is 0 Å². The van der Waals surface area contributed by atoms with E-state index in [4.69, 9.17) is 49.3 Å². The molecule has 0 bridgehead atoms. The third-order valence-corrected chi connectivity index (χ3v) is 7.58. The van der Waals surface area contributed by atoms with Crippen molar-refractivity contribution in [1.82, 2.24) is 0 Å². The number of amidine groups is 1. The zero-order chi connectivity index (χ0) is 28.2. The number of aliphatic imine (C=N–C) groups is 1. The van der Waals surface area contributed by atoms with Crippen molar-refractivity contribution in [1.29, 1.82) is 0 Å². The zero-order valence-corrected chi connectivity index (χ0v) is 24.0. The molecular formula is C30H20Cl3FN2O3S. The first-order valence-corrected chi connectivity index (χ1v) is 13.8. The molecule has 202 valence electrons. The highest BCUT2D eigenvalue weighted by Crippen LogP contribution is 2.41. The van der Waals surface area contributed by atoms with E-state index >= 15 is 0 Å². The predicted octanol–water partition coefficient (Wildman–Crippen LogP) is 9.18. The van der Waals surface area contributed by atoms with Gasteiger partial charge in [0, 0.05) is 15.6 Å². The zero-order valence-electron chi connectivity index (χ0n) is 20.9. The number of carbonyl (C=O) groups excluding carboxylic acids is 1. The largest absolute Gasteiger partial charge is 0.493 e. The standard InChI is InChI=1S/C30H20Cl3FN2O3S/c1-38-26-15-18(14-24(33)28(26)39-17-19-4-2-3-5-25(19)34)16-27-29(37)36(23-12-8-21(32)9-13-23)30(40-27)35-22-10-6-20(31)7-11-22/h2-16H,17H2,1H3/b27-16-,35-30?. The molecule has 5 nitrogen and oxygen atoms in total. The summed E-state index contributed by atoms with van der Waals surface area (Å²) in [5.74, 6) is -0.0319. The fourth-order valence-corrected chi connectivity index (χ4v) is 5.40. The van der Waals surface area contributed by atoms with Crippen LogP contribution >= 0.6 is 46.6 Å². The summed E-state index contributed by atoms with van der Waals surface area (Å²) in [4.78, 5) is 20.3.